The van der Waals surface area contributed by atoms with Crippen LogP contribution in [0.25, 0.3) is 0 Å². The molecule has 1 aromatic carbocycles. The molecule has 0 spiro atoms. The van der Waals surface area contributed by atoms with Crippen molar-refractivity contribution in [3.05, 3.63) is 65.5 Å². The predicted molar refractivity (Wildman–Crippen MR) is 90.1 cm³/mol. The lowest BCUT2D eigenvalue weighted by Gasteiger charge is -2.39. The number of carbonyl (C=O) groups excluding carboxylic acids is 1. The number of piperidine rings is 1. The minimum Gasteiger partial charge on any atom is -0.481 e. The first-order valence-corrected chi connectivity index (χ1v) is 8.35. The van der Waals surface area contributed by atoms with Gasteiger partial charge in [0.2, 0.25) is 0 Å². The summed E-state index contributed by atoms with van der Waals surface area (Å²) in [5.74, 6) is -1.40. The van der Waals surface area contributed by atoms with E-state index in [4.69, 9.17) is 0 Å². The number of carbonyl (C=O) groups is 2. The molecular weight excluding hydrogens is 361 g/mol. The Morgan fingerprint density at radius 2 is 1.67 bits per heavy atom. The summed E-state index contributed by atoms with van der Waals surface area (Å²) in [4.78, 5) is 29.2. The van der Waals surface area contributed by atoms with Gasteiger partial charge >= 0.3 is 12.1 Å². The Morgan fingerprint density at radius 3 is 2.15 bits per heavy atom. The highest BCUT2D eigenvalue weighted by Crippen LogP contribution is 2.36. The van der Waals surface area contributed by atoms with Crippen LogP contribution in [0, 0.1) is 0 Å². The maximum atomic E-state index is 12.6. The van der Waals surface area contributed by atoms with Crippen LogP contribution in [-0.2, 0) is 16.4 Å². The summed E-state index contributed by atoms with van der Waals surface area (Å²) >= 11 is 0. The van der Waals surface area contributed by atoms with Gasteiger partial charge in [-0.3, -0.25) is 14.6 Å². The van der Waals surface area contributed by atoms with Crippen LogP contribution >= 0.6 is 0 Å². The van der Waals surface area contributed by atoms with Crippen LogP contribution < -0.4 is 0 Å². The highest BCUT2D eigenvalue weighted by atomic mass is 19.4. The molecule has 0 aliphatic carbocycles. The Kier molecular flexibility index (Phi) is 4.91. The Hall–Kier alpha value is -2.90. The van der Waals surface area contributed by atoms with E-state index in [-0.39, 0.29) is 31.5 Å². The third kappa shape index (κ3) is 3.65. The van der Waals surface area contributed by atoms with Gasteiger partial charge in [-0.15, -0.1) is 0 Å². The quantitative estimate of drug-likeness (QED) is 0.889. The average Bonchev–Trinajstić information content (AvgIpc) is 2.67. The zero-order chi connectivity index (χ0) is 19.7. The van der Waals surface area contributed by atoms with Crippen LogP contribution in [0.15, 0.2) is 48.7 Å². The summed E-state index contributed by atoms with van der Waals surface area (Å²) in [5, 5.41) is 9.77. The molecule has 1 amide bonds. The molecule has 8 heteroatoms. The summed E-state index contributed by atoms with van der Waals surface area (Å²) < 4.78 is 37.8. The summed E-state index contributed by atoms with van der Waals surface area (Å²) in [5.41, 5.74) is -1.41. The molecule has 1 aromatic heterocycles. The van der Waals surface area contributed by atoms with Crippen molar-refractivity contribution in [3.63, 3.8) is 0 Å². The molecule has 0 unspecified atom stereocenters. The van der Waals surface area contributed by atoms with Gasteiger partial charge < -0.3 is 10.0 Å². The van der Waals surface area contributed by atoms with Crippen molar-refractivity contribution in [3.8, 4) is 0 Å². The van der Waals surface area contributed by atoms with Crippen LogP contribution in [0.3, 0.4) is 0 Å². The number of likely N-dealkylation sites (tertiary alicyclic amines) is 1. The van der Waals surface area contributed by atoms with Gasteiger partial charge in [-0.2, -0.15) is 13.2 Å². The van der Waals surface area contributed by atoms with Gasteiger partial charge in [-0.05, 0) is 30.5 Å². The molecule has 1 aliphatic rings. The number of benzene rings is 1. The average molecular weight is 378 g/mol. The van der Waals surface area contributed by atoms with E-state index >= 15 is 0 Å². The normalized spacial score (nSPS) is 16.8. The summed E-state index contributed by atoms with van der Waals surface area (Å²) in [6.45, 7) is 0.391. The molecule has 2 heterocycles. The van der Waals surface area contributed by atoms with Crippen molar-refractivity contribution >= 4 is 11.9 Å². The van der Waals surface area contributed by atoms with Gasteiger partial charge in [0.25, 0.3) is 5.91 Å². The summed E-state index contributed by atoms with van der Waals surface area (Å²) in [6.07, 6.45) is -3.21. The Bertz CT molecular complexity index is 828. The van der Waals surface area contributed by atoms with Gasteiger partial charge in [0, 0.05) is 19.3 Å². The summed E-state index contributed by atoms with van der Waals surface area (Å²) in [7, 11) is 0. The number of aromatic nitrogens is 1. The van der Waals surface area contributed by atoms with E-state index in [1.807, 2.05) is 0 Å². The predicted octanol–water partition coefficient (Wildman–Crippen LogP) is 3.36. The van der Waals surface area contributed by atoms with E-state index in [9.17, 15) is 27.9 Å². The van der Waals surface area contributed by atoms with Crippen molar-refractivity contribution in [2.75, 3.05) is 13.1 Å². The lowest BCUT2D eigenvalue weighted by atomic mass is 9.73. The van der Waals surface area contributed by atoms with E-state index in [1.165, 1.54) is 4.90 Å². The van der Waals surface area contributed by atoms with Crippen molar-refractivity contribution < 1.29 is 27.9 Å². The van der Waals surface area contributed by atoms with Crippen molar-refractivity contribution in [2.45, 2.75) is 24.4 Å². The fourth-order valence-corrected chi connectivity index (χ4v) is 3.35. The third-order valence-electron chi connectivity index (χ3n) is 4.94. The number of hydrogen-bond acceptors (Lipinski definition) is 3. The molecule has 0 radical (unpaired) electrons. The minimum atomic E-state index is -4.57. The van der Waals surface area contributed by atoms with E-state index in [0.29, 0.717) is 5.56 Å². The lowest BCUT2D eigenvalue weighted by molar-refractivity contribution is -0.145. The van der Waals surface area contributed by atoms with E-state index in [2.05, 4.69) is 4.98 Å². The number of alkyl halides is 3. The second kappa shape index (κ2) is 7.02. The van der Waals surface area contributed by atoms with Crippen LogP contribution in [0.1, 0.15) is 34.5 Å². The summed E-state index contributed by atoms with van der Waals surface area (Å²) in [6, 6.07) is 10.7. The van der Waals surface area contributed by atoms with Crippen LogP contribution in [0.4, 0.5) is 13.2 Å². The van der Waals surface area contributed by atoms with Crippen molar-refractivity contribution in [2.24, 2.45) is 0 Å². The molecule has 5 nitrogen and oxygen atoms in total. The number of carboxylic acids is 1. The number of pyridine rings is 1. The number of nitrogens with zero attached hydrogens (tertiary/aromatic N) is 2. The van der Waals surface area contributed by atoms with Crippen LogP contribution in [0.2, 0.25) is 0 Å². The largest absolute Gasteiger partial charge is 0.481 e. The second-order valence-electron chi connectivity index (χ2n) is 6.48. The number of amides is 1. The lowest BCUT2D eigenvalue weighted by Crippen LogP contribution is -2.49. The molecule has 1 saturated heterocycles. The Labute approximate surface area is 153 Å². The molecule has 1 N–H and O–H groups in total. The van der Waals surface area contributed by atoms with Crippen LogP contribution in [-0.4, -0.2) is 40.0 Å². The molecule has 27 heavy (non-hydrogen) atoms. The molecule has 1 fully saturated rings. The molecule has 0 atom stereocenters. The number of aliphatic carboxylic acids is 1. The van der Waals surface area contributed by atoms with Gasteiger partial charge in [0.05, 0.1) is 11.0 Å². The highest BCUT2D eigenvalue weighted by molar-refractivity contribution is 5.94. The molecule has 3 rings (SSSR count). The second-order valence-corrected chi connectivity index (χ2v) is 6.48. The van der Waals surface area contributed by atoms with Gasteiger partial charge in [-0.1, -0.05) is 30.3 Å². The smallest absolute Gasteiger partial charge is 0.433 e. The SMILES string of the molecule is O=C(c1ccc(C(F)(F)F)nc1)N1CCC(C(=O)O)(c2ccccc2)CC1. The Balaban J connectivity index is 1.75. The van der Waals surface area contributed by atoms with Crippen molar-refractivity contribution in [1.29, 1.82) is 0 Å². The Morgan fingerprint density at radius 1 is 1.04 bits per heavy atom. The van der Waals surface area contributed by atoms with E-state index < -0.39 is 29.2 Å². The molecule has 0 saturated carbocycles. The molecule has 142 valence electrons. The number of halogens is 3. The first kappa shape index (κ1) is 18.9. The van der Waals surface area contributed by atoms with Gasteiger partial charge in [0.1, 0.15) is 5.69 Å². The molecule has 2 aromatic rings. The monoisotopic (exact) mass is 378 g/mol. The fraction of sp³-hybridized carbons (Fsp3) is 0.316. The maximum Gasteiger partial charge on any atom is 0.433 e. The number of hydrogen-bond donors (Lipinski definition) is 1. The zero-order valence-corrected chi connectivity index (χ0v) is 14.2. The number of rotatable bonds is 3. The first-order chi connectivity index (χ1) is 12.7. The number of carboxylic acid groups (broad SMARTS) is 1. The third-order valence-corrected chi connectivity index (χ3v) is 4.94. The van der Waals surface area contributed by atoms with E-state index in [0.717, 1.165) is 18.3 Å². The van der Waals surface area contributed by atoms with Crippen molar-refractivity contribution in [1.82, 2.24) is 9.88 Å². The fourth-order valence-electron chi connectivity index (χ4n) is 3.35. The first-order valence-electron chi connectivity index (χ1n) is 8.35. The topological polar surface area (TPSA) is 70.5 Å². The van der Waals surface area contributed by atoms with Gasteiger partial charge in [0.15, 0.2) is 0 Å². The van der Waals surface area contributed by atoms with Crippen LogP contribution in [0.5, 0.6) is 0 Å². The zero-order valence-electron chi connectivity index (χ0n) is 14.2. The molecule has 1 aliphatic heterocycles. The maximum absolute atomic E-state index is 12.6. The van der Waals surface area contributed by atoms with E-state index in [1.54, 1.807) is 30.3 Å². The standard InChI is InChI=1S/C19H17F3N2O3/c20-19(21,22)15-7-6-13(12-23-15)16(25)24-10-8-18(9-11-24,17(26)27)14-4-2-1-3-5-14/h1-7,12H,8-11H2,(H,26,27). The molecular formula is C19H17F3N2O3. The van der Waals surface area contributed by atoms with Gasteiger partial charge in [-0.25, -0.2) is 0 Å². The molecule has 0 bridgehead atoms. The minimum absolute atomic E-state index is 0.0468. The highest BCUT2D eigenvalue weighted by Gasteiger charge is 2.44.